The molecule has 0 bridgehead atoms. The van der Waals surface area contributed by atoms with Crippen molar-refractivity contribution in [1.82, 2.24) is 4.57 Å². The number of aryl methyl sites for hydroxylation is 1. The van der Waals surface area contributed by atoms with Crippen LogP contribution in [-0.4, -0.2) is 24.2 Å². The van der Waals surface area contributed by atoms with Crippen molar-refractivity contribution in [1.29, 1.82) is 0 Å². The van der Waals surface area contributed by atoms with Gasteiger partial charge >= 0.3 is 0 Å². The van der Waals surface area contributed by atoms with E-state index in [0.717, 1.165) is 55.2 Å². The van der Waals surface area contributed by atoms with Gasteiger partial charge < -0.3 is 19.8 Å². The average molecular weight is 543 g/mol. The molecule has 36 heavy (non-hydrogen) atoms. The number of methoxy groups -OCH3 is 1. The molecule has 1 heterocycles. The van der Waals surface area contributed by atoms with Gasteiger partial charge in [-0.2, -0.15) is 0 Å². The molecule has 0 spiro atoms. The monoisotopic (exact) mass is 542 g/mol. The van der Waals surface area contributed by atoms with E-state index >= 15 is 0 Å². The maximum atomic E-state index is 12.7. The molecule has 0 atom stereocenters. The quantitative estimate of drug-likeness (QED) is 0.210. The highest BCUT2D eigenvalue weighted by molar-refractivity contribution is 9.10. The SMILES string of the molecule is COc1ccc(Cn2c(C(N)=O)c(CCCOc3cccc4ccccc34)c3cccc(Br)c32)cc1. The summed E-state index contributed by atoms with van der Waals surface area (Å²) in [6.07, 6.45) is 1.42. The molecule has 6 heteroatoms. The van der Waals surface area contributed by atoms with Gasteiger partial charge in [-0.25, -0.2) is 0 Å². The maximum Gasteiger partial charge on any atom is 0.265 e. The first-order valence-corrected chi connectivity index (χ1v) is 12.7. The first-order valence-electron chi connectivity index (χ1n) is 11.9. The number of primary amides is 1. The predicted molar refractivity (Wildman–Crippen MR) is 148 cm³/mol. The molecule has 0 saturated carbocycles. The number of fused-ring (bicyclic) bond motifs is 2. The first kappa shape index (κ1) is 23.9. The fourth-order valence-corrected chi connectivity index (χ4v) is 5.37. The van der Waals surface area contributed by atoms with Crippen LogP contribution in [0.5, 0.6) is 11.5 Å². The van der Waals surface area contributed by atoms with Crippen LogP contribution in [0, 0.1) is 0 Å². The van der Waals surface area contributed by atoms with Gasteiger partial charge in [-0.3, -0.25) is 4.79 Å². The second-order valence-electron chi connectivity index (χ2n) is 8.69. The van der Waals surface area contributed by atoms with Gasteiger partial charge in [0.2, 0.25) is 0 Å². The molecule has 0 aliphatic carbocycles. The van der Waals surface area contributed by atoms with Gasteiger partial charge in [0, 0.05) is 21.8 Å². The topological polar surface area (TPSA) is 66.5 Å². The van der Waals surface area contributed by atoms with Crippen molar-refractivity contribution in [3.63, 3.8) is 0 Å². The van der Waals surface area contributed by atoms with Crippen LogP contribution in [0.3, 0.4) is 0 Å². The first-order chi connectivity index (χ1) is 17.6. The van der Waals surface area contributed by atoms with Crippen LogP contribution in [-0.2, 0) is 13.0 Å². The van der Waals surface area contributed by atoms with E-state index < -0.39 is 5.91 Å². The molecular weight excluding hydrogens is 516 g/mol. The third kappa shape index (κ3) is 4.69. The molecule has 5 aromatic rings. The third-order valence-electron chi connectivity index (χ3n) is 6.45. The summed E-state index contributed by atoms with van der Waals surface area (Å²) in [6.45, 7) is 1.05. The number of nitrogens with two attached hydrogens (primary N) is 1. The number of hydrogen-bond acceptors (Lipinski definition) is 3. The van der Waals surface area contributed by atoms with Crippen molar-refractivity contribution in [2.45, 2.75) is 19.4 Å². The molecule has 0 unspecified atom stereocenters. The highest BCUT2D eigenvalue weighted by atomic mass is 79.9. The van der Waals surface area contributed by atoms with Crippen molar-refractivity contribution in [2.24, 2.45) is 5.73 Å². The smallest absolute Gasteiger partial charge is 0.265 e. The Morgan fingerprint density at radius 3 is 2.42 bits per heavy atom. The molecule has 1 aromatic heterocycles. The summed E-state index contributed by atoms with van der Waals surface area (Å²) in [5.41, 5.74) is 9.47. The Labute approximate surface area is 218 Å². The van der Waals surface area contributed by atoms with E-state index in [0.29, 0.717) is 25.3 Å². The number of carbonyl (C=O) groups is 1. The molecule has 4 aromatic carbocycles. The number of rotatable bonds is 9. The van der Waals surface area contributed by atoms with Crippen molar-refractivity contribution < 1.29 is 14.3 Å². The van der Waals surface area contributed by atoms with Gasteiger partial charge in [0.1, 0.15) is 17.2 Å². The lowest BCUT2D eigenvalue weighted by Crippen LogP contribution is -2.19. The lowest BCUT2D eigenvalue weighted by Gasteiger charge is -2.12. The second-order valence-corrected chi connectivity index (χ2v) is 9.55. The summed E-state index contributed by atoms with van der Waals surface area (Å²) in [6, 6.07) is 28.2. The minimum absolute atomic E-state index is 0.434. The molecule has 5 rings (SSSR count). The number of para-hydroxylation sites is 1. The van der Waals surface area contributed by atoms with Gasteiger partial charge in [0.25, 0.3) is 5.91 Å². The summed E-state index contributed by atoms with van der Waals surface area (Å²) in [5.74, 6) is 1.23. The average Bonchev–Trinajstić information content (AvgIpc) is 3.21. The minimum Gasteiger partial charge on any atom is -0.497 e. The molecule has 5 nitrogen and oxygen atoms in total. The van der Waals surface area contributed by atoms with Gasteiger partial charge in [0.15, 0.2) is 0 Å². The van der Waals surface area contributed by atoms with E-state index in [1.807, 2.05) is 65.2 Å². The summed E-state index contributed by atoms with van der Waals surface area (Å²) in [7, 11) is 1.65. The number of aromatic nitrogens is 1. The highest BCUT2D eigenvalue weighted by Gasteiger charge is 2.22. The number of benzene rings is 4. The number of halogens is 1. The molecule has 0 aliphatic rings. The number of ether oxygens (including phenoxy) is 2. The van der Waals surface area contributed by atoms with Crippen LogP contribution in [0.4, 0.5) is 0 Å². The van der Waals surface area contributed by atoms with E-state index in [1.165, 1.54) is 0 Å². The van der Waals surface area contributed by atoms with Crippen molar-refractivity contribution in [3.05, 3.63) is 106 Å². The van der Waals surface area contributed by atoms with Crippen LogP contribution >= 0.6 is 15.9 Å². The summed E-state index contributed by atoms with van der Waals surface area (Å²) < 4.78 is 14.4. The molecule has 0 saturated heterocycles. The molecule has 182 valence electrons. The van der Waals surface area contributed by atoms with E-state index in [2.05, 4.69) is 40.2 Å². The van der Waals surface area contributed by atoms with E-state index in [-0.39, 0.29) is 0 Å². The van der Waals surface area contributed by atoms with E-state index in [9.17, 15) is 4.79 Å². The summed E-state index contributed by atoms with van der Waals surface area (Å²) in [5, 5.41) is 3.27. The van der Waals surface area contributed by atoms with Gasteiger partial charge in [0.05, 0.1) is 19.2 Å². The molecule has 0 radical (unpaired) electrons. The number of nitrogens with zero attached hydrogens (tertiary/aromatic N) is 1. The van der Waals surface area contributed by atoms with Crippen LogP contribution < -0.4 is 15.2 Å². The predicted octanol–water partition coefficient (Wildman–Crippen LogP) is 6.72. The Morgan fingerprint density at radius 1 is 0.917 bits per heavy atom. The van der Waals surface area contributed by atoms with Crippen molar-refractivity contribution >= 4 is 43.5 Å². The molecule has 0 aliphatic heterocycles. The zero-order chi connectivity index (χ0) is 25.1. The molecule has 1 amide bonds. The molecular formula is C30H27BrN2O3. The molecule has 0 fully saturated rings. The van der Waals surface area contributed by atoms with Crippen LogP contribution in [0.2, 0.25) is 0 Å². The Hall–Kier alpha value is -3.77. The minimum atomic E-state index is -0.434. The van der Waals surface area contributed by atoms with Crippen LogP contribution in [0.1, 0.15) is 28.0 Å². The summed E-state index contributed by atoms with van der Waals surface area (Å²) in [4.78, 5) is 12.7. The van der Waals surface area contributed by atoms with E-state index in [4.69, 9.17) is 15.2 Å². The largest absolute Gasteiger partial charge is 0.497 e. The standard InChI is InChI=1S/C30H27BrN2O3/c1-35-22-16-14-20(15-17-22)19-33-28-24(10-5-12-26(28)31)25(29(33)30(32)34)11-6-18-36-27-13-4-8-21-7-2-3-9-23(21)27/h2-5,7-10,12-17H,6,11,18-19H2,1H3,(H2,32,34). The summed E-state index contributed by atoms with van der Waals surface area (Å²) >= 11 is 3.70. The Morgan fingerprint density at radius 2 is 1.64 bits per heavy atom. The lowest BCUT2D eigenvalue weighted by molar-refractivity contribution is 0.0991. The number of hydrogen-bond donors (Lipinski definition) is 1. The van der Waals surface area contributed by atoms with Gasteiger partial charge in [-0.05, 0) is 69.6 Å². The van der Waals surface area contributed by atoms with Crippen LogP contribution in [0.25, 0.3) is 21.7 Å². The van der Waals surface area contributed by atoms with Crippen LogP contribution in [0.15, 0.2) is 89.4 Å². The fraction of sp³-hybridized carbons (Fsp3) is 0.167. The van der Waals surface area contributed by atoms with Crippen molar-refractivity contribution in [2.75, 3.05) is 13.7 Å². The lowest BCUT2D eigenvalue weighted by atomic mass is 10.1. The van der Waals surface area contributed by atoms with Gasteiger partial charge in [-0.1, -0.05) is 60.7 Å². The molecule has 2 N–H and O–H groups in total. The number of amides is 1. The third-order valence-corrected chi connectivity index (χ3v) is 7.09. The Bertz CT molecular complexity index is 1530. The Balaban J connectivity index is 1.43. The Kier molecular flexibility index (Phi) is 6.96. The zero-order valence-electron chi connectivity index (χ0n) is 20.0. The second kappa shape index (κ2) is 10.5. The van der Waals surface area contributed by atoms with Crippen molar-refractivity contribution in [3.8, 4) is 11.5 Å². The zero-order valence-corrected chi connectivity index (χ0v) is 21.6. The fourth-order valence-electron chi connectivity index (χ4n) is 4.79. The number of carbonyl (C=O) groups excluding carboxylic acids is 1. The van der Waals surface area contributed by atoms with Gasteiger partial charge in [-0.15, -0.1) is 0 Å². The van der Waals surface area contributed by atoms with E-state index in [1.54, 1.807) is 7.11 Å². The maximum absolute atomic E-state index is 12.7. The normalized spacial score (nSPS) is 11.2. The highest BCUT2D eigenvalue weighted by Crippen LogP contribution is 2.34.